The molecule has 0 atom stereocenters. The number of methoxy groups -OCH3 is 1. The molecule has 0 aliphatic heterocycles. The minimum absolute atomic E-state index is 0.137. The molecule has 0 aliphatic carbocycles. The van der Waals surface area contributed by atoms with Crippen molar-refractivity contribution in [2.45, 2.75) is 23.5 Å². The molecule has 0 unspecified atom stereocenters. The first-order chi connectivity index (χ1) is 12.1. The van der Waals surface area contributed by atoms with Crippen LogP contribution in [0.5, 0.6) is 0 Å². The molecule has 1 amide bonds. The van der Waals surface area contributed by atoms with Gasteiger partial charge in [0.25, 0.3) is 5.91 Å². The Morgan fingerprint density at radius 1 is 1.08 bits per heavy atom. The van der Waals surface area contributed by atoms with E-state index in [2.05, 4.69) is 10.1 Å². The Balaban J connectivity index is 1.77. The number of nitrogens with one attached hydrogen (secondary N) is 1. The molecule has 0 radical (unpaired) electrons. The van der Waals surface area contributed by atoms with Gasteiger partial charge in [-0.15, -0.1) is 11.8 Å². The van der Waals surface area contributed by atoms with Crippen LogP contribution >= 0.6 is 23.4 Å². The summed E-state index contributed by atoms with van der Waals surface area (Å²) in [4.78, 5) is 24.2. The van der Waals surface area contributed by atoms with Gasteiger partial charge in [-0.05, 0) is 48.4 Å². The lowest BCUT2D eigenvalue weighted by molar-refractivity contribution is -0.140. The van der Waals surface area contributed by atoms with Crippen LogP contribution in [0.15, 0.2) is 53.4 Å². The van der Waals surface area contributed by atoms with E-state index in [0.29, 0.717) is 24.9 Å². The fraction of sp³-hybridized carbons (Fsp3) is 0.263. The van der Waals surface area contributed by atoms with Gasteiger partial charge in [-0.1, -0.05) is 23.7 Å². The SMILES string of the molecule is COC(=O)CCCNC(=O)c1ccc(CSc2ccc(Cl)cc2)cc1. The largest absolute Gasteiger partial charge is 0.469 e. The summed E-state index contributed by atoms with van der Waals surface area (Å²) >= 11 is 7.59. The third-order valence-corrected chi connectivity index (χ3v) is 4.84. The lowest BCUT2D eigenvalue weighted by atomic mass is 10.1. The number of esters is 1. The molecule has 132 valence electrons. The molecule has 0 aliphatic rings. The van der Waals surface area contributed by atoms with Crippen molar-refractivity contribution in [2.75, 3.05) is 13.7 Å². The van der Waals surface area contributed by atoms with Gasteiger partial charge in [-0.25, -0.2) is 0 Å². The van der Waals surface area contributed by atoms with Crippen molar-refractivity contribution in [1.82, 2.24) is 5.32 Å². The Hall–Kier alpha value is -1.98. The maximum atomic E-state index is 12.0. The zero-order chi connectivity index (χ0) is 18.1. The van der Waals surface area contributed by atoms with Gasteiger partial charge in [-0.3, -0.25) is 9.59 Å². The summed E-state index contributed by atoms with van der Waals surface area (Å²) in [5, 5.41) is 3.52. The van der Waals surface area contributed by atoms with Gasteiger partial charge in [0, 0.05) is 34.2 Å². The van der Waals surface area contributed by atoms with Gasteiger partial charge in [0.2, 0.25) is 0 Å². The predicted octanol–water partition coefficient (Wildman–Crippen LogP) is 4.32. The van der Waals surface area contributed by atoms with E-state index in [1.165, 1.54) is 7.11 Å². The smallest absolute Gasteiger partial charge is 0.305 e. The molecular formula is C19H20ClNO3S. The van der Waals surface area contributed by atoms with Gasteiger partial charge < -0.3 is 10.1 Å². The molecule has 0 bridgehead atoms. The van der Waals surface area contributed by atoms with E-state index in [0.717, 1.165) is 21.2 Å². The van der Waals surface area contributed by atoms with E-state index in [1.54, 1.807) is 11.8 Å². The maximum absolute atomic E-state index is 12.0. The molecular weight excluding hydrogens is 358 g/mol. The first-order valence-electron chi connectivity index (χ1n) is 7.91. The third-order valence-electron chi connectivity index (χ3n) is 3.51. The number of benzene rings is 2. The number of thioether (sulfide) groups is 1. The van der Waals surface area contributed by atoms with Crippen LogP contribution in [0, 0.1) is 0 Å². The summed E-state index contributed by atoms with van der Waals surface area (Å²) in [6, 6.07) is 15.3. The highest BCUT2D eigenvalue weighted by Crippen LogP contribution is 2.24. The second-order valence-electron chi connectivity index (χ2n) is 5.38. The standard InChI is InChI=1S/C19H20ClNO3S/c1-24-18(22)3-2-12-21-19(23)15-6-4-14(5-7-15)13-25-17-10-8-16(20)9-11-17/h4-11H,2-3,12-13H2,1H3,(H,21,23). The van der Waals surface area contributed by atoms with E-state index >= 15 is 0 Å². The van der Waals surface area contributed by atoms with Crippen molar-refractivity contribution in [3.05, 3.63) is 64.7 Å². The van der Waals surface area contributed by atoms with Gasteiger partial charge in [0.05, 0.1) is 7.11 Å². The summed E-state index contributed by atoms with van der Waals surface area (Å²) in [5.74, 6) is 0.418. The van der Waals surface area contributed by atoms with E-state index in [4.69, 9.17) is 11.6 Å². The van der Waals surface area contributed by atoms with Crippen LogP contribution in [0.2, 0.25) is 5.02 Å². The van der Waals surface area contributed by atoms with Crippen LogP contribution in [-0.4, -0.2) is 25.5 Å². The summed E-state index contributed by atoms with van der Waals surface area (Å²) < 4.78 is 4.56. The Morgan fingerprint density at radius 2 is 1.76 bits per heavy atom. The molecule has 6 heteroatoms. The molecule has 0 saturated carbocycles. The molecule has 0 spiro atoms. The van der Waals surface area contributed by atoms with Gasteiger partial charge in [-0.2, -0.15) is 0 Å². The summed E-state index contributed by atoms with van der Waals surface area (Å²) in [6.07, 6.45) is 0.867. The quantitative estimate of drug-likeness (QED) is 0.423. The van der Waals surface area contributed by atoms with Crippen molar-refractivity contribution in [1.29, 1.82) is 0 Å². The van der Waals surface area contributed by atoms with Crippen LogP contribution < -0.4 is 5.32 Å². The Bertz CT molecular complexity index is 702. The number of amides is 1. The van der Waals surface area contributed by atoms with Gasteiger partial charge >= 0.3 is 5.97 Å². The maximum Gasteiger partial charge on any atom is 0.305 e. The molecule has 1 N–H and O–H groups in total. The van der Waals surface area contributed by atoms with E-state index < -0.39 is 0 Å². The predicted molar refractivity (Wildman–Crippen MR) is 101 cm³/mol. The average molecular weight is 378 g/mol. The van der Waals surface area contributed by atoms with Crippen molar-refractivity contribution < 1.29 is 14.3 Å². The topological polar surface area (TPSA) is 55.4 Å². The number of halogens is 1. The summed E-state index contributed by atoms with van der Waals surface area (Å²) in [7, 11) is 1.35. The molecule has 0 fully saturated rings. The lowest BCUT2D eigenvalue weighted by Gasteiger charge is -2.06. The monoisotopic (exact) mass is 377 g/mol. The molecule has 25 heavy (non-hydrogen) atoms. The lowest BCUT2D eigenvalue weighted by Crippen LogP contribution is -2.24. The highest BCUT2D eigenvalue weighted by molar-refractivity contribution is 7.98. The first-order valence-corrected chi connectivity index (χ1v) is 9.27. The van der Waals surface area contributed by atoms with Crippen LogP contribution in [0.25, 0.3) is 0 Å². The Kier molecular flexibility index (Phi) is 7.82. The number of carbonyl (C=O) groups is 2. The van der Waals surface area contributed by atoms with Crippen LogP contribution in [0.4, 0.5) is 0 Å². The average Bonchev–Trinajstić information content (AvgIpc) is 2.64. The molecule has 4 nitrogen and oxygen atoms in total. The molecule has 0 aromatic heterocycles. The molecule has 2 rings (SSSR count). The molecule has 0 saturated heterocycles. The zero-order valence-corrected chi connectivity index (χ0v) is 15.5. The fourth-order valence-electron chi connectivity index (χ4n) is 2.09. The van der Waals surface area contributed by atoms with Crippen LogP contribution in [0.3, 0.4) is 0 Å². The molecule has 0 heterocycles. The normalized spacial score (nSPS) is 10.3. The van der Waals surface area contributed by atoms with Crippen LogP contribution in [-0.2, 0) is 15.3 Å². The van der Waals surface area contributed by atoms with Gasteiger partial charge in [0.15, 0.2) is 0 Å². The number of hydrogen-bond donors (Lipinski definition) is 1. The van der Waals surface area contributed by atoms with E-state index in [1.807, 2.05) is 48.5 Å². The van der Waals surface area contributed by atoms with Crippen molar-refractivity contribution in [3.63, 3.8) is 0 Å². The zero-order valence-electron chi connectivity index (χ0n) is 14.0. The number of ether oxygens (including phenoxy) is 1. The molecule has 2 aromatic carbocycles. The number of carbonyl (C=O) groups excluding carboxylic acids is 2. The summed E-state index contributed by atoms with van der Waals surface area (Å²) in [5.41, 5.74) is 1.75. The fourth-order valence-corrected chi connectivity index (χ4v) is 3.07. The van der Waals surface area contributed by atoms with Crippen molar-refractivity contribution >= 4 is 35.2 Å². The van der Waals surface area contributed by atoms with Crippen molar-refractivity contribution in [3.8, 4) is 0 Å². The van der Waals surface area contributed by atoms with Crippen LogP contribution in [0.1, 0.15) is 28.8 Å². The highest BCUT2D eigenvalue weighted by Gasteiger charge is 2.06. The van der Waals surface area contributed by atoms with E-state index in [9.17, 15) is 9.59 Å². The Labute approximate surface area is 156 Å². The Morgan fingerprint density at radius 3 is 2.40 bits per heavy atom. The number of rotatable bonds is 8. The highest BCUT2D eigenvalue weighted by atomic mass is 35.5. The first kappa shape index (κ1) is 19.3. The van der Waals surface area contributed by atoms with Crippen molar-refractivity contribution in [2.24, 2.45) is 0 Å². The van der Waals surface area contributed by atoms with Gasteiger partial charge in [0.1, 0.15) is 0 Å². The summed E-state index contributed by atoms with van der Waals surface area (Å²) in [6.45, 7) is 0.447. The third kappa shape index (κ3) is 6.80. The second-order valence-corrected chi connectivity index (χ2v) is 6.86. The second kappa shape index (κ2) is 10.1. The minimum Gasteiger partial charge on any atom is -0.469 e. The molecule has 2 aromatic rings. The number of hydrogen-bond acceptors (Lipinski definition) is 4. The minimum atomic E-state index is -0.267. The van der Waals surface area contributed by atoms with E-state index in [-0.39, 0.29) is 11.9 Å².